The van der Waals surface area contributed by atoms with Gasteiger partial charge in [0.15, 0.2) is 0 Å². The predicted octanol–water partition coefficient (Wildman–Crippen LogP) is 3.35. The van der Waals surface area contributed by atoms with Crippen LogP contribution in [-0.4, -0.2) is 18.5 Å². The molecule has 104 valence electrons. The van der Waals surface area contributed by atoms with Crippen molar-refractivity contribution in [2.75, 3.05) is 7.11 Å². The first kappa shape index (κ1) is 12.2. The van der Waals surface area contributed by atoms with E-state index in [0.717, 1.165) is 27.8 Å². The van der Waals surface area contributed by atoms with E-state index < -0.39 is 0 Å². The number of nitrogens with zero attached hydrogens (tertiary/aromatic N) is 2. The number of hydrogen-bond acceptors (Lipinski definition) is 4. The second kappa shape index (κ2) is 4.46. The minimum absolute atomic E-state index is 0.650. The molecule has 1 aliphatic heterocycles. The number of hydrogen-bond donors (Lipinski definition) is 1. The van der Waals surface area contributed by atoms with Crippen LogP contribution in [0.3, 0.4) is 0 Å². The molecule has 0 saturated carbocycles. The van der Waals surface area contributed by atoms with Crippen LogP contribution >= 0.6 is 0 Å². The summed E-state index contributed by atoms with van der Waals surface area (Å²) in [7, 11) is 1.69. The number of hydrazine groups is 1. The van der Waals surface area contributed by atoms with Gasteiger partial charge in [-0.2, -0.15) is 0 Å². The molecular formula is C17H15N3O. The molecule has 0 atom stereocenters. The Bertz CT molecular complexity index is 886. The second-order valence-corrected chi connectivity index (χ2v) is 5.24. The third kappa shape index (κ3) is 1.84. The van der Waals surface area contributed by atoms with Crippen molar-refractivity contribution in [3.05, 3.63) is 48.0 Å². The quantitative estimate of drug-likeness (QED) is 0.548. The Morgan fingerprint density at radius 1 is 1.10 bits per heavy atom. The SMILES string of the molecule is COc1cc2c(c3cc4ccccc4cc13)CN(N)C=N2. The van der Waals surface area contributed by atoms with Gasteiger partial charge in [-0.1, -0.05) is 24.3 Å². The monoisotopic (exact) mass is 277 g/mol. The van der Waals surface area contributed by atoms with Crippen molar-refractivity contribution in [2.24, 2.45) is 10.8 Å². The molecule has 0 bridgehead atoms. The smallest absolute Gasteiger partial charge is 0.128 e. The van der Waals surface area contributed by atoms with Crippen LogP contribution in [0.4, 0.5) is 5.69 Å². The summed E-state index contributed by atoms with van der Waals surface area (Å²) in [6.07, 6.45) is 1.65. The maximum absolute atomic E-state index is 5.88. The minimum atomic E-state index is 0.650. The average Bonchev–Trinajstić information content (AvgIpc) is 2.52. The van der Waals surface area contributed by atoms with Gasteiger partial charge in [-0.3, -0.25) is 5.01 Å². The van der Waals surface area contributed by atoms with Gasteiger partial charge in [-0.15, -0.1) is 0 Å². The highest BCUT2D eigenvalue weighted by molar-refractivity contribution is 6.04. The molecule has 0 amide bonds. The maximum Gasteiger partial charge on any atom is 0.128 e. The number of aliphatic imine (C=N–C) groups is 1. The van der Waals surface area contributed by atoms with Crippen LogP contribution in [0.15, 0.2) is 47.5 Å². The topological polar surface area (TPSA) is 50.9 Å². The van der Waals surface area contributed by atoms with E-state index in [2.05, 4.69) is 29.3 Å². The molecule has 0 saturated heterocycles. The lowest BCUT2D eigenvalue weighted by molar-refractivity contribution is 0.418. The van der Waals surface area contributed by atoms with Crippen molar-refractivity contribution in [2.45, 2.75) is 6.54 Å². The fourth-order valence-electron chi connectivity index (χ4n) is 2.93. The van der Waals surface area contributed by atoms with Gasteiger partial charge in [0.2, 0.25) is 0 Å². The molecule has 3 aromatic rings. The number of rotatable bonds is 1. The molecule has 0 fully saturated rings. The van der Waals surface area contributed by atoms with Crippen LogP contribution < -0.4 is 10.6 Å². The van der Waals surface area contributed by atoms with Gasteiger partial charge in [0.05, 0.1) is 19.3 Å². The van der Waals surface area contributed by atoms with Crippen molar-refractivity contribution in [1.82, 2.24) is 5.01 Å². The second-order valence-electron chi connectivity index (χ2n) is 5.24. The Hall–Kier alpha value is -2.59. The largest absolute Gasteiger partial charge is 0.496 e. The van der Waals surface area contributed by atoms with Crippen LogP contribution in [-0.2, 0) is 6.54 Å². The van der Waals surface area contributed by atoms with E-state index in [0.29, 0.717) is 6.54 Å². The number of nitrogens with two attached hydrogens (primary N) is 1. The summed E-state index contributed by atoms with van der Waals surface area (Å²) >= 11 is 0. The van der Waals surface area contributed by atoms with E-state index in [1.54, 1.807) is 18.5 Å². The van der Waals surface area contributed by atoms with Crippen molar-refractivity contribution < 1.29 is 4.74 Å². The molecule has 1 heterocycles. The van der Waals surface area contributed by atoms with Crippen LogP contribution in [0.25, 0.3) is 21.5 Å². The van der Waals surface area contributed by atoms with Gasteiger partial charge in [-0.25, -0.2) is 10.8 Å². The van der Waals surface area contributed by atoms with Gasteiger partial charge in [-0.05, 0) is 28.3 Å². The Morgan fingerprint density at radius 3 is 2.52 bits per heavy atom. The summed E-state index contributed by atoms with van der Waals surface area (Å²) in [5.41, 5.74) is 2.07. The summed E-state index contributed by atoms with van der Waals surface area (Å²) < 4.78 is 5.55. The number of ether oxygens (including phenoxy) is 1. The maximum atomic E-state index is 5.88. The van der Waals surface area contributed by atoms with E-state index >= 15 is 0 Å². The zero-order valence-electron chi connectivity index (χ0n) is 11.7. The van der Waals surface area contributed by atoms with E-state index in [9.17, 15) is 0 Å². The molecule has 4 heteroatoms. The standard InChI is InChI=1S/C17H15N3O/c1-21-17-8-16-15(9-20(18)10-19-16)13-6-11-4-2-3-5-12(11)7-14(13)17/h2-8,10H,9,18H2,1H3. The number of methoxy groups -OCH3 is 1. The fourth-order valence-corrected chi connectivity index (χ4v) is 2.93. The predicted molar refractivity (Wildman–Crippen MR) is 85.9 cm³/mol. The summed E-state index contributed by atoms with van der Waals surface area (Å²) in [4.78, 5) is 4.41. The molecule has 0 aromatic heterocycles. The Labute approximate surface area is 122 Å². The van der Waals surface area contributed by atoms with Crippen LogP contribution in [0.1, 0.15) is 5.56 Å². The highest BCUT2D eigenvalue weighted by Gasteiger charge is 2.17. The Kier molecular flexibility index (Phi) is 2.59. The first-order valence-corrected chi connectivity index (χ1v) is 6.84. The third-order valence-corrected chi connectivity index (χ3v) is 3.96. The molecule has 0 spiro atoms. The molecule has 4 rings (SSSR count). The van der Waals surface area contributed by atoms with Crippen LogP contribution in [0.2, 0.25) is 0 Å². The highest BCUT2D eigenvalue weighted by Crippen LogP contribution is 2.39. The lowest BCUT2D eigenvalue weighted by Crippen LogP contribution is -2.30. The minimum Gasteiger partial charge on any atom is -0.496 e. The zero-order chi connectivity index (χ0) is 14.4. The third-order valence-electron chi connectivity index (χ3n) is 3.96. The summed E-state index contributed by atoms with van der Waals surface area (Å²) in [6.45, 7) is 0.650. The van der Waals surface area contributed by atoms with E-state index in [1.165, 1.54) is 10.8 Å². The molecule has 3 aromatic carbocycles. The van der Waals surface area contributed by atoms with Crippen molar-refractivity contribution >= 4 is 33.6 Å². The number of fused-ring (bicyclic) bond motifs is 4. The van der Waals surface area contributed by atoms with Crippen molar-refractivity contribution in [3.8, 4) is 5.75 Å². The van der Waals surface area contributed by atoms with E-state index in [4.69, 9.17) is 10.6 Å². The van der Waals surface area contributed by atoms with Crippen molar-refractivity contribution in [3.63, 3.8) is 0 Å². The first-order chi connectivity index (χ1) is 10.3. The Morgan fingerprint density at radius 2 is 1.81 bits per heavy atom. The van der Waals surface area contributed by atoms with E-state index in [1.807, 2.05) is 18.2 Å². The van der Waals surface area contributed by atoms with Gasteiger partial charge in [0.1, 0.15) is 12.1 Å². The van der Waals surface area contributed by atoms with Gasteiger partial charge in [0, 0.05) is 17.0 Å². The summed E-state index contributed by atoms with van der Waals surface area (Å²) in [5, 5.41) is 6.25. The molecular weight excluding hydrogens is 262 g/mol. The van der Waals surface area contributed by atoms with Gasteiger partial charge in [0.25, 0.3) is 0 Å². The molecule has 2 N–H and O–H groups in total. The molecule has 4 nitrogen and oxygen atoms in total. The molecule has 1 aliphatic rings. The van der Waals surface area contributed by atoms with Crippen LogP contribution in [0.5, 0.6) is 5.75 Å². The normalized spacial score (nSPS) is 13.7. The van der Waals surface area contributed by atoms with Crippen LogP contribution in [0, 0.1) is 0 Å². The van der Waals surface area contributed by atoms with Gasteiger partial charge < -0.3 is 4.74 Å². The van der Waals surface area contributed by atoms with Crippen molar-refractivity contribution in [1.29, 1.82) is 0 Å². The average molecular weight is 277 g/mol. The zero-order valence-corrected chi connectivity index (χ0v) is 11.7. The molecule has 0 radical (unpaired) electrons. The molecule has 21 heavy (non-hydrogen) atoms. The highest BCUT2D eigenvalue weighted by atomic mass is 16.5. The van der Waals surface area contributed by atoms with E-state index in [-0.39, 0.29) is 0 Å². The fraction of sp³-hybridized carbons (Fsp3) is 0.118. The summed E-state index contributed by atoms with van der Waals surface area (Å²) in [5.74, 6) is 6.72. The Balaban J connectivity index is 2.14. The number of benzene rings is 3. The van der Waals surface area contributed by atoms with Gasteiger partial charge >= 0.3 is 0 Å². The lowest BCUT2D eigenvalue weighted by atomic mass is 9.97. The first-order valence-electron chi connectivity index (χ1n) is 6.84. The molecule has 0 aliphatic carbocycles. The summed E-state index contributed by atoms with van der Waals surface area (Å²) in [6, 6.07) is 14.7. The molecule has 0 unspecified atom stereocenters. The lowest BCUT2D eigenvalue weighted by Gasteiger charge is -2.22.